The lowest BCUT2D eigenvalue weighted by molar-refractivity contribution is -0.129. The molecule has 21 heavy (non-hydrogen) atoms. The number of piperidine rings is 1. The first-order chi connectivity index (χ1) is 10.1. The number of nitrogens with one attached hydrogen (secondary N) is 1. The standard InChI is InChI=1S/C16H21N3O2/c1-12-15(20)19(16(21)17-12)14-7-9-18(10-8-14)11-13-5-3-2-4-6-13/h2-6,12,14H,7-11H2,1H3,(H,17,21)/t12-/m1/s1. The molecule has 2 saturated heterocycles. The van der Waals surface area contributed by atoms with Gasteiger partial charge >= 0.3 is 6.03 Å². The van der Waals surface area contributed by atoms with Crippen LogP contribution < -0.4 is 5.32 Å². The van der Waals surface area contributed by atoms with Crippen LogP contribution in [-0.2, 0) is 11.3 Å². The van der Waals surface area contributed by atoms with Gasteiger partial charge in [0, 0.05) is 25.7 Å². The molecule has 0 bridgehead atoms. The molecule has 1 atom stereocenters. The molecule has 3 amide bonds. The molecule has 0 spiro atoms. The van der Waals surface area contributed by atoms with Gasteiger partial charge in [0.1, 0.15) is 6.04 Å². The van der Waals surface area contributed by atoms with Crippen molar-refractivity contribution >= 4 is 11.9 Å². The summed E-state index contributed by atoms with van der Waals surface area (Å²) < 4.78 is 0. The lowest BCUT2D eigenvalue weighted by Crippen LogP contribution is -2.47. The smallest absolute Gasteiger partial charge is 0.325 e. The predicted octanol–water partition coefficient (Wildman–Crippen LogP) is 1.59. The molecule has 1 aromatic rings. The van der Waals surface area contributed by atoms with E-state index in [-0.39, 0.29) is 24.0 Å². The normalized spacial score (nSPS) is 24.4. The average molecular weight is 287 g/mol. The van der Waals surface area contributed by atoms with Gasteiger partial charge in [0.15, 0.2) is 0 Å². The Hall–Kier alpha value is -1.88. The van der Waals surface area contributed by atoms with Crippen molar-refractivity contribution in [2.75, 3.05) is 13.1 Å². The summed E-state index contributed by atoms with van der Waals surface area (Å²) in [5.41, 5.74) is 1.31. The third-order valence-electron chi connectivity index (χ3n) is 4.34. The largest absolute Gasteiger partial charge is 0.326 e. The molecule has 0 unspecified atom stereocenters. The van der Waals surface area contributed by atoms with Gasteiger partial charge < -0.3 is 5.32 Å². The van der Waals surface area contributed by atoms with E-state index in [0.29, 0.717) is 0 Å². The molecule has 3 rings (SSSR count). The first-order valence-electron chi connectivity index (χ1n) is 7.55. The second-order valence-corrected chi connectivity index (χ2v) is 5.87. The fourth-order valence-electron chi connectivity index (χ4n) is 3.15. The van der Waals surface area contributed by atoms with Crippen molar-refractivity contribution in [3.05, 3.63) is 35.9 Å². The van der Waals surface area contributed by atoms with Crippen LogP contribution in [0.5, 0.6) is 0 Å². The van der Waals surface area contributed by atoms with E-state index < -0.39 is 0 Å². The third kappa shape index (κ3) is 2.93. The van der Waals surface area contributed by atoms with Crippen molar-refractivity contribution in [2.24, 2.45) is 0 Å². The fourth-order valence-corrected chi connectivity index (χ4v) is 3.15. The number of rotatable bonds is 3. The number of likely N-dealkylation sites (tertiary alicyclic amines) is 1. The van der Waals surface area contributed by atoms with Gasteiger partial charge in [-0.15, -0.1) is 0 Å². The Morgan fingerprint density at radius 3 is 2.38 bits per heavy atom. The van der Waals surface area contributed by atoms with Crippen LogP contribution in [0.2, 0.25) is 0 Å². The zero-order chi connectivity index (χ0) is 14.8. The SMILES string of the molecule is C[C@H]1NC(=O)N(C2CCN(Cc3ccccc3)CC2)C1=O. The molecule has 112 valence electrons. The fraction of sp³-hybridized carbons (Fsp3) is 0.500. The van der Waals surface area contributed by atoms with Crippen LogP contribution in [0.3, 0.4) is 0 Å². The van der Waals surface area contributed by atoms with E-state index in [1.54, 1.807) is 6.92 Å². The van der Waals surface area contributed by atoms with Crippen LogP contribution in [0.25, 0.3) is 0 Å². The van der Waals surface area contributed by atoms with E-state index in [2.05, 4.69) is 34.5 Å². The van der Waals surface area contributed by atoms with Crippen LogP contribution >= 0.6 is 0 Å². The molecule has 5 heteroatoms. The Morgan fingerprint density at radius 2 is 1.81 bits per heavy atom. The summed E-state index contributed by atoms with van der Waals surface area (Å²) in [6, 6.07) is 9.83. The lowest BCUT2D eigenvalue weighted by atomic mass is 10.0. The molecular formula is C16H21N3O2. The zero-order valence-corrected chi connectivity index (χ0v) is 12.3. The molecule has 0 saturated carbocycles. The van der Waals surface area contributed by atoms with E-state index >= 15 is 0 Å². The molecule has 2 aliphatic heterocycles. The van der Waals surface area contributed by atoms with Crippen LogP contribution in [0, 0.1) is 0 Å². The van der Waals surface area contributed by atoms with Crippen LogP contribution in [0.4, 0.5) is 4.79 Å². The molecule has 1 aromatic carbocycles. The van der Waals surface area contributed by atoms with Gasteiger partial charge in [-0.05, 0) is 25.3 Å². The minimum Gasteiger partial charge on any atom is -0.326 e. The molecule has 0 radical (unpaired) electrons. The first-order valence-corrected chi connectivity index (χ1v) is 7.55. The van der Waals surface area contributed by atoms with Crippen molar-refractivity contribution in [3.63, 3.8) is 0 Å². The average Bonchev–Trinajstić information content (AvgIpc) is 2.74. The number of urea groups is 1. The Labute approximate surface area is 124 Å². The van der Waals surface area contributed by atoms with E-state index in [4.69, 9.17) is 0 Å². The Morgan fingerprint density at radius 1 is 1.14 bits per heavy atom. The number of benzene rings is 1. The van der Waals surface area contributed by atoms with Crippen LogP contribution in [0.15, 0.2) is 30.3 Å². The molecule has 2 aliphatic rings. The molecule has 5 nitrogen and oxygen atoms in total. The molecule has 0 aromatic heterocycles. The topological polar surface area (TPSA) is 52.7 Å². The summed E-state index contributed by atoms with van der Waals surface area (Å²) in [5, 5.41) is 2.69. The van der Waals surface area contributed by atoms with Gasteiger partial charge in [0.05, 0.1) is 0 Å². The Balaban J connectivity index is 1.56. The summed E-state index contributed by atoms with van der Waals surface area (Å²) in [5.74, 6) is -0.0819. The van der Waals surface area contributed by atoms with Crippen LogP contribution in [-0.4, -0.2) is 46.9 Å². The molecule has 2 fully saturated rings. The van der Waals surface area contributed by atoms with Gasteiger partial charge in [0.2, 0.25) is 0 Å². The summed E-state index contributed by atoms with van der Waals surface area (Å²) in [6.07, 6.45) is 1.72. The van der Waals surface area contributed by atoms with Gasteiger partial charge in [-0.2, -0.15) is 0 Å². The number of imide groups is 1. The summed E-state index contributed by atoms with van der Waals surface area (Å²) >= 11 is 0. The van der Waals surface area contributed by atoms with E-state index in [1.807, 2.05) is 6.07 Å². The minimum absolute atomic E-state index is 0.0504. The van der Waals surface area contributed by atoms with Crippen molar-refractivity contribution in [1.29, 1.82) is 0 Å². The third-order valence-corrected chi connectivity index (χ3v) is 4.34. The highest BCUT2D eigenvalue weighted by Gasteiger charge is 2.40. The quantitative estimate of drug-likeness (QED) is 0.859. The highest BCUT2D eigenvalue weighted by atomic mass is 16.2. The number of carbonyl (C=O) groups excluding carboxylic acids is 2. The van der Waals surface area contributed by atoms with Gasteiger partial charge in [0.25, 0.3) is 5.91 Å². The molecule has 0 aliphatic carbocycles. The molecule has 1 N–H and O–H groups in total. The summed E-state index contributed by atoms with van der Waals surface area (Å²) in [6.45, 7) is 4.52. The maximum Gasteiger partial charge on any atom is 0.325 e. The predicted molar refractivity (Wildman–Crippen MR) is 79.6 cm³/mol. The second-order valence-electron chi connectivity index (χ2n) is 5.87. The zero-order valence-electron chi connectivity index (χ0n) is 12.3. The van der Waals surface area contributed by atoms with Gasteiger partial charge in [-0.25, -0.2) is 4.79 Å². The maximum absolute atomic E-state index is 12.0. The Bertz CT molecular complexity index is 524. The Kier molecular flexibility index (Phi) is 3.92. The first kappa shape index (κ1) is 14.1. The maximum atomic E-state index is 12.0. The second kappa shape index (κ2) is 5.85. The van der Waals surface area contributed by atoms with E-state index in [9.17, 15) is 9.59 Å². The number of nitrogens with zero attached hydrogens (tertiary/aromatic N) is 2. The number of hydrogen-bond donors (Lipinski definition) is 1. The summed E-state index contributed by atoms with van der Waals surface area (Å²) in [7, 11) is 0. The lowest BCUT2D eigenvalue weighted by Gasteiger charge is -2.35. The van der Waals surface area contributed by atoms with Crippen LogP contribution in [0.1, 0.15) is 25.3 Å². The molecular weight excluding hydrogens is 266 g/mol. The minimum atomic E-state index is -0.375. The molecule has 2 heterocycles. The van der Waals surface area contributed by atoms with E-state index in [0.717, 1.165) is 32.5 Å². The monoisotopic (exact) mass is 287 g/mol. The number of hydrogen-bond acceptors (Lipinski definition) is 3. The van der Waals surface area contributed by atoms with Crippen molar-refractivity contribution < 1.29 is 9.59 Å². The highest BCUT2D eigenvalue weighted by Crippen LogP contribution is 2.21. The van der Waals surface area contributed by atoms with Gasteiger partial charge in [-0.1, -0.05) is 30.3 Å². The number of carbonyl (C=O) groups is 2. The van der Waals surface area contributed by atoms with Gasteiger partial charge in [-0.3, -0.25) is 14.6 Å². The van der Waals surface area contributed by atoms with E-state index in [1.165, 1.54) is 10.5 Å². The number of amides is 3. The van der Waals surface area contributed by atoms with Crippen molar-refractivity contribution in [2.45, 2.75) is 38.4 Å². The highest BCUT2D eigenvalue weighted by molar-refractivity contribution is 6.04. The van der Waals surface area contributed by atoms with Crippen molar-refractivity contribution in [1.82, 2.24) is 15.1 Å². The summed E-state index contributed by atoms with van der Waals surface area (Å²) in [4.78, 5) is 27.7. The van der Waals surface area contributed by atoms with Crippen molar-refractivity contribution in [3.8, 4) is 0 Å².